The molecule has 1 heterocycles. The summed E-state index contributed by atoms with van der Waals surface area (Å²) in [6.07, 6.45) is 2.46. The average Bonchev–Trinajstić information content (AvgIpc) is 2.72. The van der Waals surface area contributed by atoms with Crippen molar-refractivity contribution in [2.75, 3.05) is 0 Å². The number of hydrogen-bond acceptors (Lipinski definition) is 3. The highest BCUT2D eigenvalue weighted by molar-refractivity contribution is 6.32. The van der Waals surface area contributed by atoms with Crippen molar-refractivity contribution in [3.05, 3.63) is 59.1 Å². The van der Waals surface area contributed by atoms with Gasteiger partial charge in [0, 0.05) is 12.0 Å². The first kappa shape index (κ1) is 20.5. The van der Waals surface area contributed by atoms with Crippen LogP contribution in [0.25, 0.3) is 0 Å². The van der Waals surface area contributed by atoms with Crippen molar-refractivity contribution in [3.8, 4) is 11.5 Å². The van der Waals surface area contributed by atoms with E-state index in [0.717, 1.165) is 30.6 Å². The molecule has 1 N–H and O–H groups in total. The molecule has 28 heavy (non-hydrogen) atoms. The normalized spacial score (nSPS) is 18.5. The van der Waals surface area contributed by atoms with Crippen molar-refractivity contribution in [2.45, 2.75) is 64.2 Å². The predicted octanol–water partition coefficient (Wildman–Crippen LogP) is 5.70. The summed E-state index contributed by atoms with van der Waals surface area (Å²) in [5.74, 6) is 1.24. The molecule has 2 aromatic carbocycles. The number of ether oxygens (including phenoxy) is 2. The van der Waals surface area contributed by atoms with Gasteiger partial charge in [-0.15, -0.1) is 0 Å². The average molecular weight is 402 g/mol. The van der Waals surface area contributed by atoms with Crippen LogP contribution >= 0.6 is 11.6 Å². The summed E-state index contributed by atoms with van der Waals surface area (Å²) in [6.45, 7) is 6.19. The number of amides is 1. The van der Waals surface area contributed by atoms with Crippen molar-refractivity contribution in [3.63, 3.8) is 0 Å². The van der Waals surface area contributed by atoms with Gasteiger partial charge >= 0.3 is 0 Å². The van der Waals surface area contributed by atoms with Gasteiger partial charge in [-0.1, -0.05) is 62.7 Å². The maximum atomic E-state index is 13.0. The second kappa shape index (κ2) is 8.87. The van der Waals surface area contributed by atoms with E-state index in [2.05, 4.69) is 19.2 Å². The number of para-hydroxylation sites is 2. The minimum absolute atomic E-state index is 0.110. The molecule has 1 aliphatic heterocycles. The summed E-state index contributed by atoms with van der Waals surface area (Å²) >= 11 is 6.19. The quantitative estimate of drug-likeness (QED) is 0.647. The predicted molar refractivity (Wildman–Crippen MR) is 112 cm³/mol. The first-order valence-corrected chi connectivity index (χ1v) is 10.4. The van der Waals surface area contributed by atoms with Gasteiger partial charge < -0.3 is 14.8 Å². The largest absolute Gasteiger partial charge is 0.487 e. The number of carbonyl (C=O) groups is 1. The fourth-order valence-corrected chi connectivity index (χ4v) is 3.89. The van der Waals surface area contributed by atoms with Crippen LogP contribution < -0.4 is 14.8 Å². The monoisotopic (exact) mass is 401 g/mol. The van der Waals surface area contributed by atoms with Crippen molar-refractivity contribution >= 4 is 17.5 Å². The summed E-state index contributed by atoms with van der Waals surface area (Å²) in [5.41, 5.74) is 0.749. The van der Waals surface area contributed by atoms with Gasteiger partial charge in [0.1, 0.15) is 17.1 Å². The Morgan fingerprint density at radius 1 is 1.18 bits per heavy atom. The second-order valence-electron chi connectivity index (χ2n) is 7.24. The zero-order chi connectivity index (χ0) is 20.1. The maximum Gasteiger partial charge on any atom is 0.261 e. The molecule has 150 valence electrons. The molecule has 0 aliphatic carbocycles. The number of benzene rings is 2. The van der Waals surface area contributed by atoms with Crippen LogP contribution in [0.15, 0.2) is 48.5 Å². The van der Waals surface area contributed by atoms with E-state index in [0.29, 0.717) is 17.2 Å². The van der Waals surface area contributed by atoms with Gasteiger partial charge in [0.25, 0.3) is 5.91 Å². The number of hydrogen-bond donors (Lipinski definition) is 1. The molecule has 0 bridgehead atoms. The van der Waals surface area contributed by atoms with E-state index in [1.54, 1.807) is 12.1 Å². The molecule has 2 aromatic rings. The zero-order valence-corrected chi connectivity index (χ0v) is 17.5. The van der Waals surface area contributed by atoms with Crippen molar-refractivity contribution in [2.24, 2.45) is 0 Å². The van der Waals surface area contributed by atoms with Crippen molar-refractivity contribution in [1.82, 2.24) is 5.32 Å². The lowest BCUT2D eigenvalue weighted by Crippen LogP contribution is -2.47. The smallest absolute Gasteiger partial charge is 0.261 e. The SMILES string of the molecule is CCC(Oc1ccccc1Cl)C(=O)NC1CC(CC)(CC)Oc2ccccc21. The van der Waals surface area contributed by atoms with Crippen LogP contribution in [0.3, 0.4) is 0 Å². The van der Waals surface area contributed by atoms with Crippen LogP contribution in [0.5, 0.6) is 11.5 Å². The Labute approximate surface area is 172 Å². The molecule has 0 fully saturated rings. The number of nitrogens with one attached hydrogen (secondary N) is 1. The number of fused-ring (bicyclic) bond motifs is 1. The first-order chi connectivity index (χ1) is 13.5. The number of rotatable bonds is 7. The Balaban J connectivity index is 1.80. The molecule has 0 radical (unpaired) electrons. The van der Waals surface area contributed by atoms with Crippen molar-refractivity contribution < 1.29 is 14.3 Å². The Bertz CT molecular complexity index is 819. The third kappa shape index (κ3) is 4.27. The lowest BCUT2D eigenvalue weighted by molar-refractivity contribution is -0.129. The van der Waals surface area contributed by atoms with Crippen LogP contribution in [0.1, 0.15) is 58.1 Å². The minimum Gasteiger partial charge on any atom is -0.487 e. The lowest BCUT2D eigenvalue weighted by Gasteiger charge is -2.42. The van der Waals surface area contributed by atoms with Gasteiger partial charge in [-0.3, -0.25) is 4.79 Å². The highest BCUT2D eigenvalue weighted by atomic mass is 35.5. The van der Waals surface area contributed by atoms with Gasteiger partial charge in [0.15, 0.2) is 6.10 Å². The molecule has 0 saturated heterocycles. The highest BCUT2D eigenvalue weighted by Crippen LogP contribution is 2.42. The standard InChI is InChI=1S/C23H28ClNO3/c1-4-19(27-21-14-10-8-12-17(21)24)22(26)25-18-15-23(5-2,6-3)28-20-13-9-7-11-16(18)20/h7-14,18-19H,4-6,15H2,1-3H3,(H,25,26). The Hall–Kier alpha value is -2.20. The van der Waals surface area contributed by atoms with E-state index >= 15 is 0 Å². The molecule has 3 rings (SSSR count). The molecule has 2 unspecified atom stereocenters. The molecular formula is C23H28ClNO3. The summed E-state index contributed by atoms with van der Waals surface area (Å²) < 4.78 is 12.2. The van der Waals surface area contributed by atoms with Crippen LogP contribution in [-0.2, 0) is 4.79 Å². The molecular weight excluding hydrogens is 374 g/mol. The van der Waals surface area contributed by atoms with E-state index in [1.807, 2.05) is 43.3 Å². The van der Waals surface area contributed by atoms with E-state index in [9.17, 15) is 4.79 Å². The minimum atomic E-state index is -0.604. The van der Waals surface area contributed by atoms with Crippen LogP contribution in [0.2, 0.25) is 5.02 Å². The van der Waals surface area contributed by atoms with Gasteiger partial charge in [0.05, 0.1) is 11.1 Å². The van der Waals surface area contributed by atoms with Crippen LogP contribution in [0.4, 0.5) is 0 Å². The fourth-order valence-electron chi connectivity index (χ4n) is 3.71. The molecule has 1 aliphatic rings. The van der Waals surface area contributed by atoms with Gasteiger partial charge in [-0.05, 0) is 37.5 Å². The molecule has 0 spiro atoms. The number of carbonyl (C=O) groups excluding carboxylic acids is 1. The van der Waals surface area contributed by atoms with E-state index in [1.165, 1.54) is 0 Å². The third-order valence-electron chi connectivity index (χ3n) is 5.57. The maximum absolute atomic E-state index is 13.0. The van der Waals surface area contributed by atoms with E-state index in [-0.39, 0.29) is 17.6 Å². The number of halogens is 1. The summed E-state index contributed by atoms with van der Waals surface area (Å²) in [7, 11) is 0. The fraction of sp³-hybridized carbons (Fsp3) is 0.435. The third-order valence-corrected chi connectivity index (χ3v) is 5.88. The Kier molecular flexibility index (Phi) is 6.50. The first-order valence-electron chi connectivity index (χ1n) is 10.0. The second-order valence-corrected chi connectivity index (χ2v) is 7.65. The zero-order valence-electron chi connectivity index (χ0n) is 16.7. The van der Waals surface area contributed by atoms with E-state index in [4.69, 9.17) is 21.1 Å². The van der Waals surface area contributed by atoms with Gasteiger partial charge in [-0.2, -0.15) is 0 Å². The van der Waals surface area contributed by atoms with E-state index < -0.39 is 6.10 Å². The van der Waals surface area contributed by atoms with Crippen molar-refractivity contribution in [1.29, 1.82) is 0 Å². The lowest BCUT2D eigenvalue weighted by atomic mass is 9.83. The molecule has 0 aromatic heterocycles. The van der Waals surface area contributed by atoms with Gasteiger partial charge in [-0.25, -0.2) is 0 Å². The molecule has 4 nitrogen and oxygen atoms in total. The topological polar surface area (TPSA) is 47.6 Å². The molecule has 5 heteroatoms. The molecule has 0 saturated carbocycles. The van der Waals surface area contributed by atoms with Crippen LogP contribution in [0, 0.1) is 0 Å². The summed E-state index contributed by atoms with van der Waals surface area (Å²) in [4.78, 5) is 13.0. The summed E-state index contributed by atoms with van der Waals surface area (Å²) in [5, 5.41) is 3.70. The molecule has 1 amide bonds. The van der Waals surface area contributed by atoms with Crippen LogP contribution in [-0.4, -0.2) is 17.6 Å². The van der Waals surface area contributed by atoms with Gasteiger partial charge in [0.2, 0.25) is 0 Å². The Morgan fingerprint density at radius 2 is 1.86 bits per heavy atom. The highest BCUT2D eigenvalue weighted by Gasteiger charge is 2.39. The Morgan fingerprint density at radius 3 is 2.54 bits per heavy atom. The summed E-state index contributed by atoms with van der Waals surface area (Å²) in [6, 6.07) is 15.0. The molecule has 2 atom stereocenters.